The fourth-order valence-electron chi connectivity index (χ4n) is 7.87. The summed E-state index contributed by atoms with van der Waals surface area (Å²) in [4.78, 5) is 18.3. The summed E-state index contributed by atoms with van der Waals surface area (Å²) in [7, 11) is 0. The number of aromatic nitrogens is 2. The Morgan fingerprint density at radius 3 is 1.19 bits per heavy atom. The van der Waals surface area contributed by atoms with Crippen LogP contribution in [0.3, 0.4) is 0 Å². The van der Waals surface area contributed by atoms with Crippen molar-refractivity contribution in [2.24, 2.45) is 9.98 Å². The Bertz CT molecular complexity index is 2700. The fourth-order valence-corrected chi connectivity index (χ4v) is 7.87. The number of nitriles is 2. The second-order valence-electron chi connectivity index (χ2n) is 12.9. The van der Waals surface area contributed by atoms with E-state index in [1.807, 2.05) is 85.2 Å². The summed E-state index contributed by atoms with van der Waals surface area (Å²) < 4.78 is 0. The van der Waals surface area contributed by atoms with Crippen molar-refractivity contribution in [3.63, 3.8) is 0 Å². The van der Waals surface area contributed by atoms with E-state index in [9.17, 15) is 10.5 Å². The molecule has 0 atom stereocenters. The Hall–Kier alpha value is -7.15. The first-order valence-electron chi connectivity index (χ1n) is 17.1. The molecular formula is C44H26B2N6. The van der Waals surface area contributed by atoms with Gasteiger partial charge in [-0.2, -0.15) is 20.5 Å². The van der Waals surface area contributed by atoms with E-state index in [-0.39, 0.29) is 13.4 Å². The first-order valence-corrected chi connectivity index (χ1v) is 17.1. The van der Waals surface area contributed by atoms with Crippen molar-refractivity contribution in [3.8, 4) is 12.4 Å². The van der Waals surface area contributed by atoms with Crippen LogP contribution in [0.5, 0.6) is 0 Å². The topological polar surface area (TPSA) is 98.1 Å². The van der Waals surface area contributed by atoms with Crippen LogP contribution in [0, 0.1) is 22.9 Å². The summed E-state index contributed by atoms with van der Waals surface area (Å²) in [5.74, 6) is 0. The van der Waals surface area contributed by atoms with Crippen LogP contribution in [0.25, 0.3) is 43.1 Å². The van der Waals surface area contributed by atoms with Gasteiger partial charge in [0.15, 0.2) is 0 Å². The number of hydrogen-bond donors (Lipinski definition) is 0. The summed E-state index contributed by atoms with van der Waals surface area (Å²) in [6, 6.07) is 49.7. The van der Waals surface area contributed by atoms with E-state index in [2.05, 4.69) is 95.2 Å². The Morgan fingerprint density at radius 1 is 0.385 bits per heavy atom. The molecule has 0 saturated heterocycles. The minimum Gasteiger partial charge on any atom is -0.270 e. The third-order valence-corrected chi connectivity index (χ3v) is 10.1. The number of fused-ring (bicyclic) bond motifs is 6. The number of pyridine rings is 2. The van der Waals surface area contributed by atoms with Gasteiger partial charge in [-0.25, -0.2) is 0 Å². The number of hydrogen-bond acceptors (Lipinski definition) is 6. The maximum Gasteiger partial charge on any atom is 0.265 e. The Labute approximate surface area is 300 Å². The van der Waals surface area contributed by atoms with E-state index >= 15 is 0 Å². The summed E-state index contributed by atoms with van der Waals surface area (Å²) in [6.45, 7) is -0.211. The lowest BCUT2D eigenvalue weighted by Gasteiger charge is -2.14. The molecule has 2 aromatic heterocycles. The van der Waals surface area contributed by atoms with Crippen molar-refractivity contribution >= 4 is 89.6 Å². The second kappa shape index (κ2) is 12.9. The first kappa shape index (κ1) is 30.9. The molecule has 0 unspecified atom stereocenters. The zero-order valence-corrected chi connectivity index (χ0v) is 27.8. The molecule has 6 nitrogen and oxygen atoms in total. The van der Waals surface area contributed by atoms with Crippen LogP contribution in [0.15, 0.2) is 168 Å². The van der Waals surface area contributed by atoms with Crippen LogP contribution in [0.2, 0.25) is 0 Å². The van der Waals surface area contributed by atoms with Crippen molar-refractivity contribution in [1.29, 1.82) is 10.5 Å². The smallest absolute Gasteiger partial charge is 0.265 e. The zero-order valence-electron chi connectivity index (χ0n) is 27.8. The molecule has 52 heavy (non-hydrogen) atoms. The van der Waals surface area contributed by atoms with Gasteiger partial charge in [0.25, 0.3) is 13.4 Å². The highest BCUT2D eigenvalue weighted by Gasteiger charge is 2.26. The van der Waals surface area contributed by atoms with E-state index < -0.39 is 0 Å². The Balaban J connectivity index is 1.28. The third-order valence-electron chi connectivity index (χ3n) is 10.1. The van der Waals surface area contributed by atoms with Gasteiger partial charge in [0.2, 0.25) is 12.4 Å². The van der Waals surface area contributed by atoms with Gasteiger partial charge in [0.1, 0.15) is 0 Å². The molecule has 0 N–H and O–H groups in total. The SMILES string of the molecule is N#C/N=c1/c2cc(B(c3ccccc3)c3ccccn3)ccc2c2cc3c(cc12)/c(=N/C#N)c1cc(B(c2ccccc2)c2ccccn2)ccc13. The van der Waals surface area contributed by atoms with Crippen LogP contribution < -0.4 is 43.8 Å². The van der Waals surface area contributed by atoms with Gasteiger partial charge in [0.05, 0.1) is 10.7 Å². The van der Waals surface area contributed by atoms with E-state index in [1.165, 1.54) is 0 Å². The van der Waals surface area contributed by atoms with Gasteiger partial charge < -0.3 is 0 Å². The molecule has 0 aliphatic rings. The first-order chi connectivity index (χ1) is 25.7. The van der Waals surface area contributed by atoms with Gasteiger partial charge in [-0.05, 0) is 57.9 Å². The molecular weight excluding hydrogens is 634 g/mol. The quantitative estimate of drug-likeness (QED) is 0.201. The van der Waals surface area contributed by atoms with Gasteiger partial charge in [-0.3, -0.25) is 9.97 Å². The van der Waals surface area contributed by atoms with Gasteiger partial charge in [-0.15, -0.1) is 0 Å². The van der Waals surface area contributed by atoms with E-state index in [1.54, 1.807) is 0 Å². The third kappa shape index (κ3) is 5.14. The van der Waals surface area contributed by atoms with Crippen molar-refractivity contribution in [1.82, 2.24) is 9.97 Å². The van der Waals surface area contributed by atoms with Gasteiger partial charge in [-0.1, -0.05) is 131 Å². The fraction of sp³-hybridized carbons (Fsp3) is 0. The molecule has 2 heterocycles. The van der Waals surface area contributed by atoms with Crippen LogP contribution in [0.1, 0.15) is 0 Å². The summed E-state index contributed by atoms with van der Waals surface area (Å²) in [5, 5.41) is 28.6. The molecule has 8 heteroatoms. The Morgan fingerprint density at radius 2 is 0.788 bits per heavy atom. The molecule has 238 valence electrons. The van der Waals surface area contributed by atoms with Gasteiger partial charge >= 0.3 is 0 Å². The molecule has 7 aromatic carbocycles. The Kier molecular flexibility index (Phi) is 7.69. The van der Waals surface area contributed by atoms with Crippen molar-refractivity contribution in [3.05, 3.63) is 169 Å². The van der Waals surface area contributed by atoms with Gasteiger partial charge in [0, 0.05) is 45.1 Å². The van der Waals surface area contributed by atoms with Crippen LogP contribution in [-0.4, -0.2) is 23.4 Å². The van der Waals surface area contributed by atoms with E-state index in [0.29, 0.717) is 10.7 Å². The predicted molar refractivity (Wildman–Crippen MR) is 212 cm³/mol. The molecule has 0 fully saturated rings. The summed E-state index contributed by atoms with van der Waals surface area (Å²) in [6.07, 6.45) is 7.76. The molecule has 0 amide bonds. The van der Waals surface area contributed by atoms with Crippen molar-refractivity contribution in [2.45, 2.75) is 0 Å². The zero-order chi connectivity index (χ0) is 35.0. The van der Waals surface area contributed by atoms with Crippen LogP contribution in [-0.2, 0) is 0 Å². The molecule has 0 saturated carbocycles. The average Bonchev–Trinajstić information content (AvgIpc) is 3.66. The minimum absolute atomic E-state index is 0.106. The lowest BCUT2D eigenvalue weighted by atomic mass is 9.38. The minimum atomic E-state index is -0.106. The molecule has 0 aliphatic heterocycles. The number of benzene rings is 5. The van der Waals surface area contributed by atoms with Crippen LogP contribution in [0.4, 0.5) is 0 Å². The highest BCUT2D eigenvalue weighted by atomic mass is 14.7. The van der Waals surface area contributed by atoms with E-state index in [0.717, 1.165) is 76.1 Å². The normalized spacial score (nSPS) is 12.0. The summed E-state index contributed by atoms with van der Waals surface area (Å²) in [5.41, 5.74) is 6.24. The predicted octanol–water partition coefficient (Wildman–Crippen LogP) is 3.76. The van der Waals surface area contributed by atoms with Crippen molar-refractivity contribution in [2.75, 3.05) is 0 Å². The molecule has 0 spiro atoms. The second-order valence-corrected chi connectivity index (χ2v) is 12.9. The average molecular weight is 660 g/mol. The lowest BCUT2D eigenvalue weighted by molar-refractivity contribution is 1.37. The molecule has 9 rings (SSSR count). The standard InChI is InChI=1S/C44H26B2N6/c47-27-51-43-37-23-31(45(29-11-3-1-4-12-29)41-15-7-9-21-49-41)17-19-33(37)35-25-36-34-20-18-32(24-38(34)44(52-28-48)40(36)26-39(35)43)46(30-13-5-2-6-14-30)42-16-8-10-22-50-42/h1-26H/b51-43-,52-44+. The molecule has 0 aliphatic carbocycles. The largest absolute Gasteiger partial charge is 0.270 e. The molecule has 0 radical (unpaired) electrons. The van der Waals surface area contributed by atoms with Crippen molar-refractivity contribution < 1.29 is 0 Å². The monoisotopic (exact) mass is 660 g/mol. The molecule has 0 bridgehead atoms. The number of nitrogens with zero attached hydrogens (tertiary/aromatic N) is 6. The van der Waals surface area contributed by atoms with Crippen LogP contribution >= 0.6 is 0 Å². The highest BCUT2D eigenvalue weighted by molar-refractivity contribution is 6.95. The maximum absolute atomic E-state index is 9.94. The number of rotatable bonds is 6. The maximum atomic E-state index is 9.94. The molecule has 9 aromatic rings. The summed E-state index contributed by atoms with van der Waals surface area (Å²) >= 11 is 0. The van der Waals surface area contributed by atoms with E-state index in [4.69, 9.17) is 9.97 Å². The highest BCUT2D eigenvalue weighted by Crippen LogP contribution is 2.32. The lowest BCUT2D eigenvalue weighted by Crippen LogP contribution is -2.53.